The maximum Gasteiger partial charge on any atom is 0.262 e. The Morgan fingerprint density at radius 1 is 1.12 bits per heavy atom. The lowest BCUT2D eigenvalue weighted by Gasteiger charge is -2.39. The highest BCUT2D eigenvalue weighted by Crippen LogP contribution is 2.28. The van der Waals surface area contributed by atoms with Crippen LogP contribution in [0.4, 0.5) is 0 Å². The summed E-state index contributed by atoms with van der Waals surface area (Å²) in [7, 11) is 0. The van der Waals surface area contributed by atoms with Crippen molar-refractivity contribution in [2.75, 3.05) is 13.1 Å². The molecule has 0 aromatic heterocycles. The zero-order valence-electron chi connectivity index (χ0n) is 14.6. The van der Waals surface area contributed by atoms with Gasteiger partial charge < -0.3 is 9.64 Å². The maximum atomic E-state index is 13.0. The van der Waals surface area contributed by atoms with Crippen molar-refractivity contribution in [1.82, 2.24) is 5.32 Å². The van der Waals surface area contributed by atoms with E-state index in [9.17, 15) is 4.79 Å². The first kappa shape index (κ1) is 19.7. The summed E-state index contributed by atoms with van der Waals surface area (Å²) >= 11 is 18.7. The van der Waals surface area contributed by atoms with Gasteiger partial charge in [-0.15, -0.1) is 0 Å². The first-order chi connectivity index (χ1) is 12.3. The molecule has 140 valence electrons. The Hall–Kier alpha value is -1.04. The zero-order valence-corrected chi connectivity index (χ0v) is 16.9. The number of quaternary nitrogens is 1. The summed E-state index contributed by atoms with van der Waals surface area (Å²) in [4.78, 5) is 14.0. The van der Waals surface area contributed by atoms with Gasteiger partial charge >= 0.3 is 0 Å². The predicted octanol–water partition coefficient (Wildman–Crippen LogP) is 2.96. The van der Waals surface area contributed by atoms with Crippen molar-refractivity contribution >= 4 is 51.5 Å². The fraction of sp³-hybridized carbons (Fsp3) is 0.421. The van der Waals surface area contributed by atoms with E-state index < -0.39 is 9.96 Å². The maximum absolute atomic E-state index is 13.0. The number of benzene rings is 2. The van der Waals surface area contributed by atoms with Gasteiger partial charge in [-0.05, 0) is 30.7 Å². The molecule has 2 aromatic carbocycles. The standard InChI is InChI=1S/C19H21Cl3N2O2/c1-12-10-24(11-13(2)26-12)18(19(20,21)22)23-17(25)16-9-5-7-14-6-3-4-8-15(14)16/h3-9,12-13,18H,10-11H2,1-2H3,(H,23,25)/p+1/t12-,13-,18-/m0/s1. The monoisotopic (exact) mass is 415 g/mol. The smallest absolute Gasteiger partial charge is 0.262 e. The Morgan fingerprint density at radius 3 is 2.38 bits per heavy atom. The molecule has 3 rings (SSSR count). The molecule has 0 bridgehead atoms. The van der Waals surface area contributed by atoms with E-state index in [1.165, 1.54) is 0 Å². The summed E-state index contributed by atoms with van der Waals surface area (Å²) < 4.78 is 4.13. The minimum atomic E-state index is -1.63. The lowest BCUT2D eigenvalue weighted by atomic mass is 10.0. The van der Waals surface area contributed by atoms with Gasteiger partial charge in [-0.3, -0.25) is 10.1 Å². The minimum Gasteiger partial charge on any atom is -0.364 e. The molecule has 1 fully saturated rings. The molecule has 2 N–H and O–H groups in total. The molecule has 0 aliphatic carbocycles. The highest BCUT2D eigenvalue weighted by Gasteiger charge is 2.45. The quantitative estimate of drug-likeness (QED) is 0.756. The van der Waals surface area contributed by atoms with Crippen molar-refractivity contribution in [3.05, 3.63) is 48.0 Å². The third-order valence-electron chi connectivity index (χ3n) is 4.61. The first-order valence-electron chi connectivity index (χ1n) is 8.61. The van der Waals surface area contributed by atoms with Gasteiger partial charge in [0.25, 0.3) is 9.70 Å². The van der Waals surface area contributed by atoms with E-state index >= 15 is 0 Å². The fourth-order valence-electron chi connectivity index (χ4n) is 3.60. The number of ether oxygens (including phenoxy) is 1. The molecule has 3 atom stereocenters. The number of amides is 1. The fourth-order valence-corrected chi connectivity index (χ4v) is 4.22. The normalized spacial score (nSPS) is 25.0. The number of alkyl halides is 3. The molecule has 0 spiro atoms. The van der Waals surface area contributed by atoms with Crippen molar-refractivity contribution in [3.63, 3.8) is 0 Å². The van der Waals surface area contributed by atoms with Gasteiger partial charge in [0.05, 0.1) is 0 Å². The van der Waals surface area contributed by atoms with Crippen molar-refractivity contribution < 1.29 is 14.4 Å². The number of hydrogen-bond donors (Lipinski definition) is 2. The molecular formula is C19H22Cl3N2O2+. The van der Waals surface area contributed by atoms with Gasteiger partial charge in [-0.2, -0.15) is 0 Å². The molecule has 0 radical (unpaired) electrons. The number of rotatable bonds is 3. The predicted molar refractivity (Wildman–Crippen MR) is 106 cm³/mol. The third-order valence-corrected chi connectivity index (χ3v) is 5.26. The molecular weight excluding hydrogens is 395 g/mol. The van der Waals surface area contributed by atoms with Gasteiger partial charge in [0.2, 0.25) is 6.17 Å². The van der Waals surface area contributed by atoms with E-state index in [-0.39, 0.29) is 18.1 Å². The van der Waals surface area contributed by atoms with Crippen LogP contribution in [0.1, 0.15) is 24.2 Å². The second-order valence-corrected chi connectivity index (χ2v) is 9.17. The van der Waals surface area contributed by atoms with E-state index in [0.29, 0.717) is 18.7 Å². The van der Waals surface area contributed by atoms with Crippen LogP contribution in [0, 0.1) is 0 Å². The van der Waals surface area contributed by atoms with Crippen molar-refractivity contribution in [2.24, 2.45) is 0 Å². The largest absolute Gasteiger partial charge is 0.364 e. The summed E-state index contributed by atoms with van der Waals surface area (Å²) in [5.41, 5.74) is 0.566. The van der Waals surface area contributed by atoms with Gasteiger partial charge in [0.1, 0.15) is 25.3 Å². The Morgan fingerprint density at radius 2 is 1.73 bits per heavy atom. The molecule has 1 aliphatic heterocycles. The summed E-state index contributed by atoms with van der Waals surface area (Å²) in [6.07, 6.45) is -0.621. The topological polar surface area (TPSA) is 42.8 Å². The van der Waals surface area contributed by atoms with Gasteiger partial charge in [-0.25, -0.2) is 0 Å². The number of carbonyl (C=O) groups is 1. The highest BCUT2D eigenvalue weighted by atomic mass is 35.6. The third kappa shape index (κ3) is 4.44. The number of hydrogen-bond acceptors (Lipinski definition) is 2. The lowest BCUT2D eigenvalue weighted by Crippen LogP contribution is -3.22. The van der Waals surface area contributed by atoms with E-state index in [0.717, 1.165) is 15.7 Å². The summed E-state index contributed by atoms with van der Waals surface area (Å²) in [5, 5.41) is 4.81. The van der Waals surface area contributed by atoms with Crippen LogP contribution < -0.4 is 10.2 Å². The SMILES string of the molecule is C[C@H]1C[NH+]([C@H](NC(=O)c2cccc3ccccc23)C(Cl)(Cl)Cl)C[C@H](C)O1. The molecule has 2 aromatic rings. The van der Waals surface area contributed by atoms with Crippen LogP contribution in [0.25, 0.3) is 10.8 Å². The average Bonchev–Trinajstić information content (AvgIpc) is 2.57. The van der Waals surface area contributed by atoms with E-state index in [4.69, 9.17) is 39.5 Å². The van der Waals surface area contributed by atoms with Gasteiger partial charge in [0, 0.05) is 5.56 Å². The Balaban J connectivity index is 1.88. The molecule has 0 saturated carbocycles. The number of nitrogens with one attached hydrogen (secondary N) is 2. The number of halogens is 3. The van der Waals surface area contributed by atoms with Crippen LogP contribution in [0.15, 0.2) is 42.5 Å². The highest BCUT2D eigenvalue weighted by molar-refractivity contribution is 6.68. The molecule has 4 nitrogen and oxygen atoms in total. The van der Waals surface area contributed by atoms with Crippen molar-refractivity contribution in [2.45, 2.75) is 36.0 Å². The number of fused-ring (bicyclic) bond motifs is 1. The van der Waals surface area contributed by atoms with Crippen LogP contribution in [-0.4, -0.2) is 41.2 Å². The summed E-state index contributed by atoms with van der Waals surface area (Å²) in [5.74, 6) is -0.252. The Bertz CT molecular complexity index is 778. The first-order valence-corrected chi connectivity index (χ1v) is 9.74. The van der Waals surface area contributed by atoms with Crippen LogP contribution in [0.5, 0.6) is 0 Å². The van der Waals surface area contributed by atoms with Crippen LogP contribution in [0.3, 0.4) is 0 Å². The second kappa shape index (κ2) is 7.91. The van der Waals surface area contributed by atoms with E-state index in [1.807, 2.05) is 50.2 Å². The van der Waals surface area contributed by atoms with E-state index in [2.05, 4.69) is 5.32 Å². The van der Waals surface area contributed by atoms with Crippen LogP contribution in [-0.2, 0) is 4.74 Å². The molecule has 1 amide bonds. The van der Waals surface area contributed by atoms with Crippen molar-refractivity contribution in [1.29, 1.82) is 0 Å². The lowest BCUT2D eigenvalue weighted by molar-refractivity contribution is -0.941. The van der Waals surface area contributed by atoms with Crippen molar-refractivity contribution in [3.8, 4) is 0 Å². The van der Waals surface area contributed by atoms with Gasteiger partial charge in [-0.1, -0.05) is 71.2 Å². The molecule has 26 heavy (non-hydrogen) atoms. The van der Waals surface area contributed by atoms with Gasteiger partial charge in [0.15, 0.2) is 0 Å². The average molecular weight is 417 g/mol. The Labute approximate surface area is 168 Å². The summed E-state index contributed by atoms with van der Waals surface area (Å²) in [6, 6.07) is 13.3. The number of morpholine rings is 1. The number of carbonyl (C=O) groups excluding carboxylic acids is 1. The van der Waals surface area contributed by atoms with Crippen LogP contribution >= 0.6 is 34.8 Å². The summed E-state index contributed by atoms with van der Waals surface area (Å²) in [6.45, 7) is 5.27. The molecule has 1 saturated heterocycles. The van der Waals surface area contributed by atoms with Crippen LogP contribution in [0.2, 0.25) is 0 Å². The Kier molecular flexibility index (Phi) is 6.00. The second-order valence-electron chi connectivity index (χ2n) is 6.80. The minimum absolute atomic E-state index is 0.0260. The molecule has 7 heteroatoms. The van der Waals surface area contributed by atoms with E-state index in [1.54, 1.807) is 6.07 Å². The molecule has 1 aliphatic rings. The molecule has 1 heterocycles. The zero-order chi connectivity index (χ0) is 18.9. The molecule has 0 unspecified atom stereocenters.